The Balaban J connectivity index is 4.23. The Kier molecular flexibility index (Phi) is 46.6. The lowest BCUT2D eigenvalue weighted by atomic mass is 10.0. The lowest BCUT2D eigenvalue weighted by molar-refractivity contribution is -0.167. The third kappa shape index (κ3) is 49.3. The van der Waals surface area contributed by atoms with E-state index in [1.54, 1.807) is 0 Å². The van der Waals surface area contributed by atoms with E-state index >= 15 is 0 Å². The summed E-state index contributed by atoms with van der Waals surface area (Å²) in [7, 11) is 0. The van der Waals surface area contributed by atoms with E-state index < -0.39 is 6.10 Å². The van der Waals surface area contributed by atoms with Crippen molar-refractivity contribution < 1.29 is 28.6 Å². The Morgan fingerprint density at radius 1 is 0.311 bits per heavy atom. The van der Waals surface area contributed by atoms with Gasteiger partial charge in [-0.3, -0.25) is 14.4 Å². The Morgan fingerprint density at radius 2 is 0.541 bits per heavy atom. The first kappa shape index (κ1) is 59.4. The lowest BCUT2D eigenvalue weighted by Gasteiger charge is -2.18. The second kappa shape index (κ2) is 47.9. The first-order valence-corrected chi connectivity index (χ1v) is 27.2. The second-order valence-corrected chi connectivity index (χ2v) is 19.8. The third-order valence-corrected chi connectivity index (χ3v) is 12.5. The largest absolute Gasteiger partial charge is 0.462 e. The van der Waals surface area contributed by atoms with Crippen molar-refractivity contribution in [3.8, 4) is 0 Å². The number of hydrogen-bond acceptors (Lipinski definition) is 6. The van der Waals surface area contributed by atoms with Crippen LogP contribution in [0.3, 0.4) is 0 Å². The van der Waals surface area contributed by atoms with Gasteiger partial charge in [-0.25, -0.2) is 0 Å². The van der Waals surface area contributed by atoms with E-state index in [2.05, 4.69) is 34.6 Å². The zero-order valence-corrected chi connectivity index (χ0v) is 41.8. The lowest BCUT2D eigenvalue weighted by Crippen LogP contribution is -2.30. The SMILES string of the molecule is CCCCCCCCCCCC(=O)OC[C@@H](COC(=O)CCCCCCCCCCCCCCC(C)C)OC(=O)CCCCCCCCCCCCCCCCCCC(C)C. The topological polar surface area (TPSA) is 78.9 Å². The molecule has 0 aromatic heterocycles. The predicted octanol–water partition coefficient (Wildman–Crippen LogP) is 17.7. The molecule has 0 radical (unpaired) electrons. The summed E-state index contributed by atoms with van der Waals surface area (Å²) in [6.45, 7) is 11.4. The summed E-state index contributed by atoms with van der Waals surface area (Å²) in [6.07, 6.45) is 49.5. The number of hydrogen-bond donors (Lipinski definition) is 0. The summed E-state index contributed by atoms with van der Waals surface area (Å²) in [4.78, 5) is 37.9. The van der Waals surface area contributed by atoms with Gasteiger partial charge in [-0.15, -0.1) is 0 Å². The van der Waals surface area contributed by atoms with Crippen LogP contribution in [-0.2, 0) is 28.6 Å². The van der Waals surface area contributed by atoms with Crippen LogP contribution in [0.15, 0.2) is 0 Å². The molecule has 0 aliphatic carbocycles. The summed E-state index contributed by atoms with van der Waals surface area (Å²) in [5.41, 5.74) is 0. The second-order valence-electron chi connectivity index (χ2n) is 19.8. The molecule has 0 fully saturated rings. The third-order valence-electron chi connectivity index (χ3n) is 12.5. The number of carbonyl (C=O) groups is 3. The smallest absolute Gasteiger partial charge is 0.306 e. The van der Waals surface area contributed by atoms with Gasteiger partial charge in [0, 0.05) is 19.3 Å². The zero-order valence-electron chi connectivity index (χ0n) is 41.8. The summed E-state index contributed by atoms with van der Waals surface area (Å²) >= 11 is 0. The van der Waals surface area contributed by atoms with Gasteiger partial charge in [-0.05, 0) is 31.1 Å². The molecule has 61 heavy (non-hydrogen) atoms. The van der Waals surface area contributed by atoms with Crippen LogP contribution in [0, 0.1) is 11.8 Å². The van der Waals surface area contributed by atoms with Gasteiger partial charge in [0.15, 0.2) is 6.10 Å². The molecule has 1 atom stereocenters. The molecule has 0 rings (SSSR count). The van der Waals surface area contributed by atoms with Crippen LogP contribution in [0.1, 0.15) is 304 Å². The molecule has 0 N–H and O–H groups in total. The first-order chi connectivity index (χ1) is 29.7. The average molecular weight is 863 g/mol. The molecule has 0 saturated heterocycles. The minimum Gasteiger partial charge on any atom is -0.462 e. The number of rotatable bonds is 49. The van der Waals surface area contributed by atoms with E-state index in [1.165, 1.54) is 193 Å². The monoisotopic (exact) mass is 863 g/mol. The molecular weight excluding hydrogens is 757 g/mol. The molecule has 0 spiro atoms. The van der Waals surface area contributed by atoms with E-state index in [1.807, 2.05) is 0 Å². The van der Waals surface area contributed by atoms with Gasteiger partial charge in [-0.2, -0.15) is 0 Å². The van der Waals surface area contributed by atoms with Gasteiger partial charge < -0.3 is 14.2 Å². The van der Waals surface area contributed by atoms with Gasteiger partial charge in [0.25, 0.3) is 0 Å². The fraction of sp³-hybridized carbons (Fsp3) is 0.945. The number of carbonyl (C=O) groups excluding carboxylic acids is 3. The Labute approximate surface area is 380 Å². The van der Waals surface area contributed by atoms with Crippen molar-refractivity contribution in [1.82, 2.24) is 0 Å². The van der Waals surface area contributed by atoms with Crippen LogP contribution in [0.2, 0.25) is 0 Å². The van der Waals surface area contributed by atoms with Crippen LogP contribution < -0.4 is 0 Å². The van der Waals surface area contributed by atoms with Crippen molar-refractivity contribution in [2.24, 2.45) is 11.8 Å². The normalized spacial score (nSPS) is 12.0. The highest BCUT2D eigenvalue weighted by Crippen LogP contribution is 2.18. The summed E-state index contributed by atoms with van der Waals surface area (Å²) in [5.74, 6) is 0.839. The van der Waals surface area contributed by atoms with Gasteiger partial charge in [-0.1, -0.05) is 266 Å². The van der Waals surface area contributed by atoms with Crippen molar-refractivity contribution in [2.75, 3.05) is 13.2 Å². The average Bonchev–Trinajstić information content (AvgIpc) is 3.23. The number of unbranched alkanes of at least 4 members (excludes halogenated alkanes) is 34. The molecule has 362 valence electrons. The molecular formula is C55H106O6. The van der Waals surface area contributed by atoms with Gasteiger partial charge in [0.2, 0.25) is 0 Å². The van der Waals surface area contributed by atoms with Crippen molar-refractivity contribution in [3.05, 3.63) is 0 Å². The number of ether oxygens (including phenoxy) is 3. The van der Waals surface area contributed by atoms with Crippen LogP contribution in [0.5, 0.6) is 0 Å². The Morgan fingerprint density at radius 3 is 0.803 bits per heavy atom. The first-order valence-electron chi connectivity index (χ1n) is 27.2. The van der Waals surface area contributed by atoms with Gasteiger partial charge >= 0.3 is 17.9 Å². The molecule has 6 heteroatoms. The molecule has 0 bridgehead atoms. The van der Waals surface area contributed by atoms with Gasteiger partial charge in [0.1, 0.15) is 13.2 Å². The van der Waals surface area contributed by atoms with Crippen molar-refractivity contribution in [1.29, 1.82) is 0 Å². The quantitative estimate of drug-likeness (QED) is 0.0344. The van der Waals surface area contributed by atoms with Gasteiger partial charge in [0.05, 0.1) is 0 Å². The minimum atomic E-state index is -0.761. The standard InChI is InChI=1S/C55H106O6/c1-6-7-8-9-10-23-30-35-40-45-53(56)59-48-52(49-60-54(57)46-41-36-31-26-21-18-17-20-25-29-34-39-44-51(4)5)61-55(58)47-42-37-32-27-22-16-14-12-11-13-15-19-24-28-33-38-43-50(2)3/h50-52H,6-49H2,1-5H3/t52-/m0/s1. The van der Waals surface area contributed by atoms with Crippen LogP contribution in [-0.4, -0.2) is 37.2 Å². The minimum absolute atomic E-state index is 0.0633. The molecule has 0 saturated carbocycles. The molecule has 0 heterocycles. The maximum atomic E-state index is 12.8. The fourth-order valence-electron chi connectivity index (χ4n) is 8.34. The van der Waals surface area contributed by atoms with Crippen LogP contribution >= 0.6 is 0 Å². The van der Waals surface area contributed by atoms with E-state index in [9.17, 15) is 14.4 Å². The maximum absolute atomic E-state index is 12.8. The van der Waals surface area contributed by atoms with Crippen molar-refractivity contribution in [3.63, 3.8) is 0 Å². The Hall–Kier alpha value is -1.59. The van der Waals surface area contributed by atoms with E-state index in [0.29, 0.717) is 19.3 Å². The molecule has 0 aliphatic rings. The molecule has 0 unspecified atom stereocenters. The Bertz CT molecular complexity index is 931. The summed E-state index contributed by atoms with van der Waals surface area (Å²) in [5, 5.41) is 0. The summed E-state index contributed by atoms with van der Waals surface area (Å²) in [6, 6.07) is 0. The molecule has 0 aromatic carbocycles. The highest BCUT2D eigenvalue weighted by atomic mass is 16.6. The maximum Gasteiger partial charge on any atom is 0.306 e. The number of esters is 3. The summed E-state index contributed by atoms with van der Waals surface area (Å²) < 4.78 is 16.8. The molecule has 0 aromatic rings. The van der Waals surface area contributed by atoms with Crippen LogP contribution in [0.25, 0.3) is 0 Å². The molecule has 0 amide bonds. The zero-order chi connectivity index (χ0) is 44.7. The van der Waals surface area contributed by atoms with E-state index in [0.717, 1.165) is 69.6 Å². The van der Waals surface area contributed by atoms with Crippen molar-refractivity contribution >= 4 is 17.9 Å². The van der Waals surface area contributed by atoms with E-state index in [4.69, 9.17) is 14.2 Å². The highest BCUT2D eigenvalue weighted by Gasteiger charge is 2.19. The predicted molar refractivity (Wildman–Crippen MR) is 261 cm³/mol. The van der Waals surface area contributed by atoms with Crippen LogP contribution in [0.4, 0.5) is 0 Å². The molecule has 6 nitrogen and oxygen atoms in total. The highest BCUT2D eigenvalue weighted by molar-refractivity contribution is 5.71. The van der Waals surface area contributed by atoms with Crippen molar-refractivity contribution in [2.45, 2.75) is 310 Å². The fourth-order valence-corrected chi connectivity index (χ4v) is 8.34. The molecule has 0 aliphatic heterocycles. The van der Waals surface area contributed by atoms with E-state index in [-0.39, 0.29) is 31.1 Å².